The second kappa shape index (κ2) is 9.03. The molecule has 0 unspecified atom stereocenters. The summed E-state index contributed by atoms with van der Waals surface area (Å²) in [4.78, 5) is 24.2. The molecule has 0 saturated carbocycles. The first-order chi connectivity index (χ1) is 13.5. The summed E-state index contributed by atoms with van der Waals surface area (Å²) in [6.45, 7) is 2.08. The number of aliphatic hydroxyl groups is 1. The summed E-state index contributed by atoms with van der Waals surface area (Å²) in [5.41, 5.74) is 1.80. The van der Waals surface area contributed by atoms with E-state index in [2.05, 4.69) is 5.32 Å². The first kappa shape index (κ1) is 20.1. The van der Waals surface area contributed by atoms with E-state index < -0.39 is 6.29 Å². The normalized spacial score (nSPS) is 19.2. The van der Waals surface area contributed by atoms with Gasteiger partial charge in [0.2, 0.25) is 12.2 Å². The van der Waals surface area contributed by atoms with Gasteiger partial charge in [-0.3, -0.25) is 14.2 Å². The van der Waals surface area contributed by atoms with Crippen molar-refractivity contribution >= 4 is 22.7 Å². The maximum absolute atomic E-state index is 12.2. The highest BCUT2D eigenvalue weighted by Gasteiger charge is 2.30. The number of hydrogen-bond acceptors (Lipinski definition) is 5. The Morgan fingerprint density at radius 1 is 1.32 bits per heavy atom. The minimum atomic E-state index is -0.569. The van der Waals surface area contributed by atoms with E-state index in [9.17, 15) is 9.59 Å². The number of carbonyl (C=O) groups is 2. The number of fused-ring (bicyclic) bond motifs is 1. The minimum Gasteiger partial charge on any atom is -0.459 e. The molecule has 2 N–H and O–H groups in total. The Bertz CT molecular complexity index is 886. The number of benzene rings is 1. The third-order valence-corrected chi connectivity index (χ3v) is 4.85. The molecule has 0 spiro atoms. The molecule has 7 nitrogen and oxygen atoms in total. The first-order valence-corrected chi connectivity index (χ1v) is 9.49. The Kier molecular flexibility index (Phi) is 6.49. The highest BCUT2D eigenvalue weighted by atomic mass is 16.7. The molecule has 150 valence electrons. The summed E-state index contributed by atoms with van der Waals surface area (Å²) in [5.74, 6) is -0.300. The molecule has 0 aliphatic carbocycles. The molecule has 1 aliphatic heterocycles. The van der Waals surface area contributed by atoms with Crippen LogP contribution in [0.1, 0.15) is 42.5 Å². The van der Waals surface area contributed by atoms with Crippen molar-refractivity contribution in [2.24, 2.45) is 0 Å². The van der Waals surface area contributed by atoms with Crippen LogP contribution in [-0.2, 0) is 14.3 Å². The van der Waals surface area contributed by atoms with Gasteiger partial charge in [0, 0.05) is 44.5 Å². The number of rotatable bonds is 7. The van der Waals surface area contributed by atoms with Crippen LogP contribution in [0, 0.1) is 0 Å². The predicted octanol–water partition coefficient (Wildman–Crippen LogP) is 2.55. The van der Waals surface area contributed by atoms with Gasteiger partial charge in [-0.15, -0.1) is 0 Å². The van der Waals surface area contributed by atoms with Gasteiger partial charge in [-0.25, -0.2) is 0 Å². The highest BCUT2D eigenvalue weighted by molar-refractivity contribution is 5.95. The molecule has 1 aliphatic rings. The predicted molar refractivity (Wildman–Crippen MR) is 105 cm³/mol. The summed E-state index contributed by atoms with van der Waals surface area (Å²) >= 11 is 0. The third kappa shape index (κ3) is 4.26. The lowest BCUT2D eigenvalue weighted by Crippen LogP contribution is -2.31. The number of allylic oxidation sites excluding steroid dienone is 1. The molecule has 0 saturated heterocycles. The molecule has 2 heterocycles. The average molecular weight is 386 g/mol. The summed E-state index contributed by atoms with van der Waals surface area (Å²) in [5, 5.41) is 12.5. The van der Waals surface area contributed by atoms with E-state index in [0.717, 1.165) is 16.5 Å². The van der Waals surface area contributed by atoms with E-state index in [1.807, 2.05) is 30.5 Å². The average Bonchev–Trinajstić information content (AvgIpc) is 3.10. The van der Waals surface area contributed by atoms with Crippen molar-refractivity contribution in [3.63, 3.8) is 0 Å². The molecule has 3 rings (SSSR count). The zero-order valence-corrected chi connectivity index (χ0v) is 16.2. The molecular weight excluding hydrogens is 360 g/mol. The molecule has 0 radical (unpaired) electrons. The smallest absolute Gasteiger partial charge is 0.285 e. The van der Waals surface area contributed by atoms with E-state index in [1.54, 1.807) is 17.7 Å². The van der Waals surface area contributed by atoms with Gasteiger partial charge in [0.05, 0.1) is 12.1 Å². The van der Waals surface area contributed by atoms with Crippen molar-refractivity contribution in [3.8, 4) is 0 Å². The van der Waals surface area contributed by atoms with Crippen LogP contribution in [0.4, 0.5) is 0 Å². The van der Waals surface area contributed by atoms with Gasteiger partial charge in [-0.05, 0) is 30.5 Å². The molecule has 0 bridgehead atoms. The Labute approximate surface area is 163 Å². The molecule has 1 aromatic heterocycles. The van der Waals surface area contributed by atoms with Crippen LogP contribution < -0.4 is 5.32 Å². The quantitative estimate of drug-likeness (QED) is 0.714. The second-order valence-electron chi connectivity index (χ2n) is 6.79. The zero-order chi connectivity index (χ0) is 20.1. The third-order valence-electron chi connectivity index (χ3n) is 4.85. The van der Waals surface area contributed by atoms with Crippen LogP contribution >= 0.6 is 0 Å². The number of likely N-dealkylation sites (N-methyl/N-ethyl adjacent to an activating group) is 1. The molecule has 7 heteroatoms. The van der Waals surface area contributed by atoms with Gasteiger partial charge in [-0.2, -0.15) is 0 Å². The number of aromatic nitrogens is 1. The number of para-hydroxylation sites is 1. The van der Waals surface area contributed by atoms with Crippen molar-refractivity contribution < 1.29 is 24.2 Å². The number of unbranched alkanes of at least 4 members (excludes halogenated alkanes) is 1. The zero-order valence-electron chi connectivity index (χ0n) is 16.2. The van der Waals surface area contributed by atoms with Crippen LogP contribution in [0.15, 0.2) is 42.3 Å². The summed E-state index contributed by atoms with van der Waals surface area (Å²) in [6, 6.07) is 7.71. The molecular formula is C21H26N2O5. The van der Waals surface area contributed by atoms with Crippen LogP contribution in [0.3, 0.4) is 0 Å². The molecule has 2 atom stereocenters. The fourth-order valence-corrected chi connectivity index (χ4v) is 3.45. The molecule has 1 amide bonds. The van der Waals surface area contributed by atoms with Crippen LogP contribution in [-0.4, -0.2) is 48.0 Å². The lowest BCUT2D eigenvalue weighted by Gasteiger charge is -2.29. The number of amides is 1. The Morgan fingerprint density at radius 2 is 2.11 bits per heavy atom. The van der Waals surface area contributed by atoms with Crippen molar-refractivity contribution in [2.75, 3.05) is 20.3 Å². The van der Waals surface area contributed by atoms with Crippen molar-refractivity contribution in [3.05, 3.63) is 47.9 Å². The minimum absolute atomic E-state index is 0.0678. The van der Waals surface area contributed by atoms with Gasteiger partial charge in [-0.1, -0.05) is 18.2 Å². The van der Waals surface area contributed by atoms with E-state index in [0.29, 0.717) is 25.9 Å². The van der Waals surface area contributed by atoms with E-state index in [1.165, 1.54) is 6.92 Å². The Morgan fingerprint density at radius 3 is 2.82 bits per heavy atom. The number of hydrogen-bond donors (Lipinski definition) is 2. The second-order valence-corrected chi connectivity index (χ2v) is 6.79. The summed E-state index contributed by atoms with van der Waals surface area (Å²) < 4.78 is 13.2. The van der Waals surface area contributed by atoms with Crippen molar-refractivity contribution in [1.82, 2.24) is 9.88 Å². The molecule has 0 fully saturated rings. The van der Waals surface area contributed by atoms with Crippen LogP contribution in [0.5, 0.6) is 0 Å². The van der Waals surface area contributed by atoms with Gasteiger partial charge in [0.15, 0.2) is 5.76 Å². The number of nitrogens with zero attached hydrogens (tertiary/aromatic N) is 1. The fourth-order valence-electron chi connectivity index (χ4n) is 3.45. The molecule has 1 aromatic carbocycles. The van der Waals surface area contributed by atoms with E-state index >= 15 is 0 Å². The monoisotopic (exact) mass is 386 g/mol. The van der Waals surface area contributed by atoms with Crippen LogP contribution in [0.25, 0.3) is 10.9 Å². The van der Waals surface area contributed by atoms with Crippen molar-refractivity contribution in [1.29, 1.82) is 0 Å². The number of nitrogens with one attached hydrogen (secondary N) is 1. The first-order valence-electron chi connectivity index (χ1n) is 9.49. The molecule has 2 aromatic rings. The Hall–Kier alpha value is -2.64. The van der Waals surface area contributed by atoms with Crippen LogP contribution in [0.2, 0.25) is 0 Å². The standard InChI is InChI=1S/C21H26N2O5/c1-14(25)23-13-17(16-7-3-4-8-18(16)23)15-11-19(21(26)22-2)28-20(12-15)27-10-6-5-9-24/h3-4,7-8,11,13,15,20,24H,5-6,9-10,12H2,1-2H3,(H,22,26)/t15-,20+/m1/s1. The summed E-state index contributed by atoms with van der Waals surface area (Å²) in [6.07, 6.45) is 4.96. The lowest BCUT2D eigenvalue weighted by atomic mass is 9.92. The van der Waals surface area contributed by atoms with E-state index in [4.69, 9.17) is 14.6 Å². The topological polar surface area (TPSA) is 89.8 Å². The largest absolute Gasteiger partial charge is 0.459 e. The highest BCUT2D eigenvalue weighted by Crippen LogP contribution is 2.36. The maximum atomic E-state index is 12.2. The SMILES string of the molecule is CNC(=O)C1=C[C@@H](c2cn(C(C)=O)c3ccccc23)C[C@@H](OCCCCO)O1. The lowest BCUT2D eigenvalue weighted by molar-refractivity contribution is -0.146. The van der Waals surface area contributed by atoms with Gasteiger partial charge < -0.3 is 19.9 Å². The van der Waals surface area contributed by atoms with Gasteiger partial charge in [0.1, 0.15) is 0 Å². The number of aliphatic hydroxyl groups excluding tert-OH is 1. The van der Waals surface area contributed by atoms with Crippen molar-refractivity contribution in [2.45, 2.75) is 38.4 Å². The number of carbonyl (C=O) groups excluding carboxylic acids is 2. The van der Waals surface area contributed by atoms with Gasteiger partial charge in [0.25, 0.3) is 5.91 Å². The molecule has 28 heavy (non-hydrogen) atoms. The maximum Gasteiger partial charge on any atom is 0.285 e. The fraction of sp³-hybridized carbons (Fsp3) is 0.429. The van der Waals surface area contributed by atoms with E-state index in [-0.39, 0.29) is 30.1 Å². The summed E-state index contributed by atoms with van der Waals surface area (Å²) in [7, 11) is 1.55. The van der Waals surface area contributed by atoms with Gasteiger partial charge >= 0.3 is 0 Å². The Balaban J connectivity index is 1.93. The number of ether oxygens (including phenoxy) is 2.